The number of nitriles is 1. The number of aromatic nitrogens is 1. The van der Waals surface area contributed by atoms with Crippen molar-refractivity contribution in [1.29, 1.82) is 5.26 Å². The van der Waals surface area contributed by atoms with Gasteiger partial charge in [-0.3, -0.25) is 9.59 Å². The molecule has 2 aliphatic rings. The van der Waals surface area contributed by atoms with Crippen LogP contribution < -0.4 is 10.1 Å². The van der Waals surface area contributed by atoms with Crippen LogP contribution in [0.15, 0.2) is 36.5 Å². The molecule has 2 aromatic rings. The number of hydrogen-bond donors (Lipinski definition) is 1. The molecule has 10 nitrogen and oxygen atoms in total. The molecular formula is C29H34FN5O5. The average Bonchev–Trinajstić information content (AvgIpc) is 3.70. The van der Waals surface area contributed by atoms with E-state index in [9.17, 15) is 24.0 Å². The van der Waals surface area contributed by atoms with Crippen molar-refractivity contribution >= 4 is 23.7 Å². The molecule has 0 spiro atoms. The minimum absolute atomic E-state index is 0.0686. The number of hydrogen-bond acceptors (Lipinski definition) is 7. The van der Waals surface area contributed by atoms with Crippen LogP contribution in [0.4, 0.5) is 15.0 Å². The minimum atomic E-state index is -1.45. The van der Waals surface area contributed by atoms with Crippen molar-refractivity contribution in [3.8, 4) is 22.9 Å². The number of amides is 3. The summed E-state index contributed by atoms with van der Waals surface area (Å²) >= 11 is 0. The van der Waals surface area contributed by atoms with Crippen molar-refractivity contribution in [2.75, 3.05) is 32.5 Å². The maximum atomic E-state index is 15.0. The summed E-state index contributed by atoms with van der Waals surface area (Å²) in [6.07, 6.45) is -0.522. The van der Waals surface area contributed by atoms with Crippen molar-refractivity contribution in [1.82, 2.24) is 14.8 Å². The first-order valence-electron chi connectivity index (χ1n) is 13.2. The van der Waals surface area contributed by atoms with E-state index in [1.807, 2.05) is 0 Å². The first-order valence-corrected chi connectivity index (χ1v) is 13.2. The van der Waals surface area contributed by atoms with Gasteiger partial charge in [-0.1, -0.05) is 6.07 Å². The third-order valence-corrected chi connectivity index (χ3v) is 6.74. The van der Waals surface area contributed by atoms with Crippen molar-refractivity contribution in [3.63, 3.8) is 0 Å². The van der Waals surface area contributed by atoms with Crippen LogP contribution in [-0.4, -0.2) is 77.8 Å². The largest absolute Gasteiger partial charge is 0.486 e. The van der Waals surface area contributed by atoms with Crippen LogP contribution in [0.1, 0.15) is 39.2 Å². The zero-order valence-corrected chi connectivity index (χ0v) is 23.3. The second kappa shape index (κ2) is 11.5. The molecule has 4 rings (SSSR count). The molecule has 3 amide bonds. The summed E-state index contributed by atoms with van der Waals surface area (Å²) in [4.78, 5) is 44.0. The first kappa shape index (κ1) is 28.8. The number of carbonyl (C=O) groups is 3. The maximum Gasteiger partial charge on any atom is 0.410 e. The van der Waals surface area contributed by atoms with Crippen LogP contribution in [-0.2, 0) is 14.3 Å². The van der Waals surface area contributed by atoms with Crippen LogP contribution in [0.3, 0.4) is 0 Å². The summed E-state index contributed by atoms with van der Waals surface area (Å²) < 4.78 is 26.2. The number of ether oxygens (including phenoxy) is 2. The van der Waals surface area contributed by atoms with E-state index in [0.717, 1.165) is 0 Å². The quantitative estimate of drug-likeness (QED) is 0.575. The van der Waals surface area contributed by atoms with Gasteiger partial charge in [0.15, 0.2) is 6.17 Å². The van der Waals surface area contributed by atoms with Gasteiger partial charge in [-0.25, -0.2) is 14.2 Å². The number of pyridine rings is 1. The molecule has 1 saturated carbocycles. The zero-order chi connectivity index (χ0) is 29.2. The van der Waals surface area contributed by atoms with Gasteiger partial charge < -0.3 is 24.6 Å². The van der Waals surface area contributed by atoms with E-state index in [2.05, 4.69) is 16.4 Å². The lowest BCUT2D eigenvalue weighted by molar-refractivity contribution is -0.131. The monoisotopic (exact) mass is 551 g/mol. The molecular weight excluding hydrogens is 517 g/mol. The number of likely N-dealkylation sites (tertiary alicyclic amines) is 1. The van der Waals surface area contributed by atoms with E-state index in [4.69, 9.17) is 9.47 Å². The van der Waals surface area contributed by atoms with Gasteiger partial charge in [0.05, 0.1) is 23.9 Å². The summed E-state index contributed by atoms with van der Waals surface area (Å²) in [6.45, 7) is 5.37. The highest BCUT2D eigenvalue weighted by Gasteiger charge is 2.48. The third kappa shape index (κ3) is 6.86. The topological polar surface area (TPSA) is 125 Å². The number of benzene rings is 1. The lowest BCUT2D eigenvalue weighted by Gasteiger charge is -2.35. The summed E-state index contributed by atoms with van der Waals surface area (Å²) in [5.41, 5.74) is 0.947. The van der Waals surface area contributed by atoms with Crippen molar-refractivity contribution in [3.05, 3.63) is 42.1 Å². The second-order valence-corrected chi connectivity index (χ2v) is 11.3. The predicted molar refractivity (Wildman–Crippen MR) is 145 cm³/mol. The minimum Gasteiger partial charge on any atom is -0.486 e. The fourth-order valence-electron chi connectivity index (χ4n) is 4.56. The Hall–Kier alpha value is -4.20. The van der Waals surface area contributed by atoms with Gasteiger partial charge in [0.2, 0.25) is 11.8 Å². The molecule has 1 N–H and O–H groups in total. The fourth-order valence-corrected chi connectivity index (χ4v) is 4.56. The van der Waals surface area contributed by atoms with Crippen molar-refractivity contribution < 1.29 is 28.2 Å². The van der Waals surface area contributed by atoms with Crippen LogP contribution in [0.5, 0.6) is 5.75 Å². The normalized spacial score (nSPS) is 22.1. The molecule has 4 atom stereocenters. The second-order valence-electron chi connectivity index (χ2n) is 11.3. The number of nitrogens with zero attached hydrogens (tertiary/aromatic N) is 4. The summed E-state index contributed by atoms with van der Waals surface area (Å²) in [5, 5.41) is 12.5. The molecule has 0 unspecified atom stereocenters. The molecule has 11 heteroatoms. The average molecular weight is 552 g/mol. The number of piperidine rings is 1. The highest BCUT2D eigenvalue weighted by molar-refractivity contribution is 5.99. The molecule has 0 bridgehead atoms. The molecule has 40 heavy (non-hydrogen) atoms. The van der Waals surface area contributed by atoms with Gasteiger partial charge in [0, 0.05) is 33.3 Å². The van der Waals surface area contributed by atoms with Crippen LogP contribution in [0, 0.1) is 23.2 Å². The molecule has 1 aliphatic carbocycles. The summed E-state index contributed by atoms with van der Waals surface area (Å²) in [7, 11) is 3.33. The highest BCUT2D eigenvalue weighted by atomic mass is 19.1. The number of nitrogens with one attached hydrogen (secondary N) is 1. The molecule has 1 saturated heterocycles. The van der Waals surface area contributed by atoms with E-state index in [-0.39, 0.29) is 54.5 Å². The highest BCUT2D eigenvalue weighted by Crippen LogP contribution is 2.40. The van der Waals surface area contributed by atoms with Crippen LogP contribution in [0.25, 0.3) is 11.1 Å². The van der Waals surface area contributed by atoms with Gasteiger partial charge in [0.1, 0.15) is 29.3 Å². The molecule has 2 fully saturated rings. The molecule has 1 aromatic heterocycles. The molecule has 212 valence electrons. The maximum absolute atomic E-state index is 15.0. The number of anilines is 1. The number of halogens is 1. The standard InChI is InChI=1S/C29H34FN5O5/c1-29(2,3)40-28(38)35-11-9-24(22(30)16-35)39-23-7-6-17(12-19(23)15-31)18-8-10-32-25(13-18)33-26(36)20-14-21(20)27(37)34(4)5/h6-8,10,12-13,20-22,24H,9,11,14,16H2,1-5H3,(H,32,33,36)/t20-,21+,22+,24-/m0/s1. The van der Waals surface area contributed by atoms with E-state index in [1.165, 1.54) is 9.80 Å². The SMILES string of the molecule is CN(C)C(=O)[C@@H]1C[C@@H]1C(=O)Nc1cc(-c2ccc(O[C@H]3CCN(C(=O)OC(C)(C)C)C[C@H]3F)c(C#N)c2)ccn1. The molecule has 1 aromatic carbocycles. The Kier molecular flexibility index (Phi) is 8.28. The Morgan fingerprint density at radius 3 is 2.52 bits per heavy atom. The van der Waals surface area contributed by atoms with Crippen molar-refractivity contribution in [2.45, 2.75) is 51.5 Å². The van der Waals surface area contributed by atoms with E-state index in [1.54, 1.807) is 71.4 Å². The summed E-state index contributed by atoms with van der Waals surface area (Å²) in [5.74, 6) is -0.431. The van der Waals surface area contributed by atoms with Crippen LogP contribution in [0.2, 0.25) is 0 Å². The zero-order valence-electron chi connectivity index (χ0n) is 23.3. The fraction of sp³-hybridized carbons (Fsp3) is 0.483. The third-order valence-electron chi connectivity index (χ3n) is 6.74. The van der Waals surface area contributed by atoms with E-state index < -0.39 is 24.0 Å². The van der Waals surface area contributed by atoms with Gasteiger partial charge in [-0.15, -0.1) is 0 Å². The Morgan fingerprint density at radius 1 is 1.15 bits per heavy atom. The van der Waals surface area contributed by atoms with Crippen molar-refractivity contribution in [2.24, 2.45) is 11.8 Å². The van der Waals surface area contributed by atoms with Gasteiger partial charge in [-0.05, 0) is 62.6 Å². The van der Waals surface area contributed by atoms with Crippen LogP contribution >= 0.6 is 0 Å². The Labute approximate surface area is 233 Å². The smallest absolute Gasteiger partial charge is 0.410 e. The Bertz CT molecular complexity index is 1330. The number of rotatable bonds is 6. The number of carbonyl (C=O) groups excluding carboxylic acids is 3. The molecule has 0 radical (unpaired) electrons. The number of alkyl halides is 1. The van der Waals surface area contributed by atoms with Gasteiger partial charge in [0.25, 0.3) is 0 Å². The predicted octanol–water partition coefficient (Wildman–Crippen LogP) is 4.01. The lowest BCUT2D eigenvalue weighted by atomic mass is 10.0. The Morgan fingerprint density at radius 2 is 1.88 bits per heavy atom. The lowest BCUT2D eigenvalue weighted by Crippen LogP contribution is -2.50. The molecule has 2 heterocycles. The molecule has 1 aliphatic heterocycles. The van der Waals surface area contributed by atoms with E-state index in [0.29, 0.717) is 23.4 Å². The summed E-state index contributed by atoms with van der Waals surface area (Å²) in [6, 6.07) is 10.5. The Balaban J connectivity index is 1.40. The van der Waals surface area contributed by atoms with Gasteiger partial charge >= 0.3 is 6.09 Å². The first-order chi connectivity index (χ1) is 18.9. The van der Waals surface area contributed by atoms with Gasteiger partial charge in [-0.2, -0.15) is 5.26 Å². The van der Waals surface area contributed by atoms with E-state index >= 15 is 0 Å².